The molecule has 0 saturated carbocycles. The van der Waals surface area contributed by atoms with Crippen molar-refractivity contribution in [2.45, 2.75) is 18.8 Å². The highest BCUT2D eigenvalue weighted by molar-refractivity contribution is 5.98. The average Bonchev–Trinajstić information content (AvgIpc) is 3.10. The normalized spacial score (nSPS) is 17.5. The number of hydrogen-bond donors (Lipinski definition) is 2. The van der Waals surface area contributed by atoms with Gasteiger partial charge in [-0.1, -0.05) is 0 Å². The number of aromatic nitrogens is 2. The smallest absolute Gasteiger partial charge is 0.270 e. The molecule has 26 heavy (non-hydrogen) atoms. The number of aromatic amines is 1. The lowest BCUT2D eigenvalue weighted by Gasteiger charge is -2.33. The molecule has 1 atom stereocenters. The molecule has 4 rings (SSSR count). The molecular formula is C20H21FN4O. The molecule has 134 valence electrons. The molecule has 1 saturated heterocycles. The number of amides is 1. The van der Waals surface area contributed by atoms with Crippen LogP contribution in [0, 0.1) is 5.82 Å². The Morgan fingerprint density at radius 3 is 3.04 bits per heavy atom. The van der Waals surface area contributed by atoms with Gasteiger partial charge in [-0.25, -0.2) is 9.37 Å². The number of nitrogens with one attached hydrogen (secondary N) is 2. The predicted molar refractivity (Wildman–Crippen MR) is 99.9 cm³/mol. The summed E-state index contributed by atoms with van der Waals surface area (Å²) < 4.78 is 13.4. The fourth-order valence-electron chi connectivity index (χ4n) is 3.66. The molecular weight excluding hydrogens is 331 g/mol. The van der Waals surface area contributed by atoms with E-state index in [1.54, 1.807) is 18.3 Å². The van der Waals surface area contributed by atoms with Crippen LogP contribution in [0.1, 0.15) is 34.8 Å². The molecule has 1 fully saturated rings. The van der Waals surface area contributed by atoms with Gasteiger partial charge < -0.3 is 15.2 Å². The van der Waals surface area contributed by atoms with Gasteiger partial charge in [-0.3, -0.25) is 4.79 Å². The Kier molecular flexibility index (Phi) is 4.32. The van der Waals surface area contributed by atoms with Gasteiger partial charge in [0.2, 0.25) is 0 Å². The van der Waals surface area contributed by atoms with Crippen molar-refractivity contribution in [1.29, 1.82) is 0 Å². The van der Waals surface area contributed by atoms with Crippen LogP contribution in [0.2, 0.25) is 0 Å². The topological polar surface area (TPSA) is 61.0 Å². The zero-order valence-electron chi connectivity index (χ0n) is 14.6. The molecule has 1 amide bonds. The number of carbonyl (C=O) groups is 1. The first kappa shape index (κ1) is 16.6. The van der Waals surface area contributed by atoms with Crippen molar-refractivity contribution in [3.63, 3.8) is 0 Å². The van der Waals surface area contributed by atoms with Gasteiger partial charge in [0.1, 0.15) is 17.3 Å². The number of nitrogens with zero attached hydrogens (tertiary/aromatic N) is 2. The van der Waals surface area contributed by atoms with E-state index < -0.39 is 0 Å². The summed E-state index contributed by atoms with van der Waals surface area (Å²) in [4.78, 5) is 22.2. The number of H-pyrrole nitrogens is 1. The average molecular weight is 352 g/mol. The number of anilines is 1. The Morgan fingerprint density at radius 2 is 2.19 bits per heavy atom. The van der Waals surface area contributed by atoms with E-state index in [-0.39, 0.29) is 11.7 Å². The summed E-state index contributed by atoms with van der Waals surface area (Å²) in [5, 5.41) is 3.78. The fraction of sp³-hybridized carbons (Fsp3) is 0.300. The van der Waals surface area contributed by atoms with Crippen LogP contribution >= 0.6 is 0 Å². The molecule has 0 unspecified atom stereocenters. The van der Waals surface area contributed by atoms with Gasteiger partial charge in [-0.15, -0.1) is 0 Å². The zero-order valence-corrected chi connectivity index (χ0v) is 14.6. The highest BCUT2D eigenvalue weighted by Gasteiger charge is 2.26. The van der Waals surface area contributed by atoms with E-state index in [4.69, 9.17) is 0 Å². The van der Waals surface area contributed by atoms with Crippen LogP contribution < -0.4 is 5.32 Å². The van der Waals surface area contributed by atoms with Gasteiger partial charge in [0.25, 0.3) is 5.91 Å². The number of hydrogen-bond acceptors (Lipinski definition) is 3. The molecule has 0 radical (unpaired) electrons. The lowest BCUT2D eigenvalue weighted by molar-refractivity contribution is 0.0702. The molecule has 3 heterocycles. The number of carbonyl (C=O) groups excluding carboxylic acids is 1. The Balaban J connectivity index is 1.55. The predicted octanol–water partition coefficient (Wildman–Crippen LogP) is 3.76. The molecule has 1 aliphatic rings. The molecule has 2 aromatic heterocycles. The van der Waals surface area contributed by atoms with Crippen molar-refractivity contribution in [3.05, 3.63) is 59.7 Å². The van der Waals surface area contributed by atoms with Gasteiger partial charge in [-0.2, -0.15) is 0 Å². The third kappa shape index (κ3) is 3.14. The minimum absolute atomic E-state index is 0.0331. The van der Waals surface area contributed by atoms with Crippen molar-refractivity contribution in [2.24, 2.45) is 0 Å². The molecule has 1 aromatic carbocycles. The zero-order chi connectivity index (χ0) is 18.1. The van der Waals surface area contributed by atoms with Gasteiger partial charge in [0.05, 0.1) is 0 Å². The van der Waals surface area contributed by atoms with Gasteiger partial charge in [0, 0.05) is 43.2 Å². The van der Waals surface area contributed by atoms with Crippen molar-refractivity contribution < 1.29 is 9.18 Å². The minimum atomic E-state index is -0.299. The summed E-state index contributed by atoms with van der Waals surface area (Å²) in [6, 6.07) is 10.3. The van der Waals surface area contributed by atoms with Crippen LogP contribution in [-0.2, 0) is 0 Å². The highest BCUT2D eigenvalue weighted by atomic mass is 19.1. The van der Waals surface area contributed by atoms with Crippen LogP contribution in [0.5, 0.6) is 0 Å². The van der Waals surface area contributed by atoms with Crippen LogP contribution in [0.3, 0.4) is 0 Å². The molecule has 3 aromatic rings. The van der Waals surface area contributed by atoms with Gasteiger partial charge in [0.15, 0.2) is 0 Å². The second kappa shape index (κ2) is 6.78. The fourth-order valence-corrected chi connectivity index (χ4v) is 3.66. The van der Waals surface area contributed by atoms with Crippen LogP contribution in [0.4, 0.5) is 10.2 Å². The van der Waals surface area contributed by atoms with E-state index in [1.165, 1.54) is 17.7 Å². The second-order valence-electron chi connectivity index (χ2n) is 6.73. The number of fused-ring (bicyclic) bond motifs is 1. The van der Waals surface area contributed by atoms with Gasteiger partial charge in [-0.05, 0) is 54.8 Å². The van der Waals surface area contributed by atoms with E-state index in [9.17, 15) is 9.18 Å². The Morgan fingerprint density at radius 1 is 1.31 bits per heavy atom. The monoisotopic (exact) mass is 352 g/mol. The second-order valence-corrected chi connectivity index (χ2v) is 6.73. The maximum atomic E-state index is 13.4. The lowest BCUT2D eigenvalue weighted by Crippen LogP contribution is -2.39. The van der Waals surface area contributed by atoms with E-state index in [0.717, 1.165) is 36.1 Å². The molecule has 5 nitrogen and oxygen atoms in total. The molecule has 6 heteroatoms. The van der Waals surface area contributed by atoms with Crippen LogP contribution in [0.15, 0.2) is 42.6 Å². The maximum absolute atomic E-state index is 13.4. The Labute approximate surface area is 151 Å². The first-order valence-electron chi connectivity index (χ1n) is 8.85. The summed E-state index contributed by atoms with van der Waals surface area (Å²) in [5.41, 5.74) is 2.48. The lowest BCUT2D eigenvalue weighted by atomic mass is 9.91. The number of rotatable bonds is 3. The largest absolute Gasteiger partial charge is 0.373 e. The first-order valence-corrected chi connectivity index (χ1v) is 8.85. The summed E-state index contributed by atoms with van der Waals surface area (Å²) in [7, 11) is 1.85. The molecule has 0 aliphatic carbocycles. The summed E-state index contributed by atoms with van der Waals surface area (Å²) in [6.45, 7) is 1.42. The Hall–Kier alpha value is -2.89. The summed E-state index contributed by atoms with van der Waals surface area (Å²) in [6.07, 6.45) is 3.81. The first-order chi connectivity index (χ1) is 12.6. The number of likely N-dealkylation sites (tertiary alicyclic amines) is 1. The van der Waals surface area contributed by atoms with Crippen molar-refractivity contribution in [3.8, 4) is 0 Å². The van der Waals surface area contributed by atoms with E-state index >= 15 is 0 Å². The van der Waals surface area contributed by atoms with Crippen molar-refractivity contribution in [1.82, 2.24) is 14.9 Å². The number of benzene rings is 1. The number of piperidine rings is 1. The minimum Gasteiger partial charge on any atom is -0.373 e. The van der Waals surface area contributed by atoms with Gasteiger partial charge >= 0.3 is 0 Å². The SMILES string of the molecule is CNc1cc([C@@H]2CCCN(C(=O)c3cc4cc(F)ccc4[nH]3)C2)ccn1. The molecule has 1 aliphatic heterocycles. The number of halogens is 1. The third-order valence-corrected chi connectivity index (χ3v) is 5.03. The van der Waals surface area contributed by atoms with E-state index in [2.05, 4.69) is 15.3 Å². The van der Waals surface area contributed by atoms with E-state index in [0.29, 0.717) is 18.2 Å². The highest BCUT2D eigenvalue weighted by Crippen LogP contribution is 2.29. The van der Waals surface area contributed by atoms with Crippen molar-refractivity contribution >= 4 is 22.6 Å². The van der Waals surface area contributed by atoms with E-state index in [1.807, 2.05) is 24.1 Å². The summed E-state index contributed by atoms with van der Waals surface area (Å²) >= 11 is 0. The number of pyridine rings is 1. The maximum Gasteiger partial charge on any atom is 0.270 e. The van der Waals surface area contributed by atoms with Crippen LogP contribution in [0.25, 0.3) is 10.9 Å². The molecule has 2 N–H and O–H groups in total. The van der Waals surface area contributed by atoms with Crippen LogP contribution in [-0.4, -0.2) is 40.9 Å². The summed E-state index contributed by atoms with van der Waals surface area (Å²) in [5.74, 6) is 0.800. The molecule has 0 spiro atoms. The standard InChI is InChI=1S/C20H21FN4O/c1-22-19-11-13(6-7-23-19)14-3-2-8-25(12-14)20(26)18-10-15-9-16(21)4-5-17(15)24-18/h4-7,9-11,14,24H,2-3,8,12H2,1H3,(H,22,23)/t14-/m1/s1. The Bertz CT molecular complexity index is 952. The molecule has 0 bridgehead atoms. The third-order valence-electron chi connectivity index (χ3n) is 5.03. The quantitative estimate of drug-likeness (QED) is 0.754. The van der Waals surface area contributed by atoms with Crippen molar-refractivity contribution in [2.75, 3.05) is 25.5 Å².